The van der Waals surface area contributed by atoms with Crippen LogP contribution in [0.5, 0.6) is 0 Å². The molecule has 4 heterocycles. The molecule has 3 N–H and O–H groups in total. The van der Waals surface area contributed by atoms with E-state index >= 15 is 0 Å². The average molecular weight is 483 g/mol. The third kappa shape index (κ3) is 3.83. The van der Waals surface area contributed by atoms with Crippen LogP contribution in [0, 0.1) is 5.92 Å². The van der Waals surface area contributed by atoms with Gasteiger partial charge >= 0.3 is 0 Å². The lowest BCUT2D eigenvalue weighted by atomic mass is 9.81. The van der Waals surface area contributed by atoms with Gasteiger partial charge in [-0.25, -0.2) is 15.0 Å². The quantitative estimate of drug-likeness (QED) is 0.363. The number of benzene rings is 1. The third-order valence-corrected chi connectivity index (χ3v) is 7.95. The monoisotopic (exact) mass is 482 g/mol. The number of amides is 1. The second kappa shape index (κ2) is 8.78. The number of aromatic nitrogens is 4. The fourth-order valence-corrected chi connectivity index (χ4v) is 5.92. The van der Waals surface area contributed by atoms with Crippen LogP contribution in [0.4, 0.5) is 5.82 Å². The van der Waals surface area contributed by atoms with Gasteiger partial charge in [0.25, 0.3) is 0 Å². The van der Waals surface area contributed by atoms with Crippen LogP contribution in [-0.2, 0) is 4.79 Å². The number of pyridine rings is 1. The zero-order valence-corrected chi connectivity index (χ0v) is 20.3. The molecular formula is C27H26N6OS. The van der Waals surface area contributed by atoms with E-state index in [1.807, 2.05) is 12.3 Å². The molecule has 1 aliphatic carbocycles. The maximum Gasteiger partial charge on any atom is 0.222 e. The van der Waals surface area contributed by atoms with Crippen LogP contribution in [0.2, 0.25) is 0 Å². The highest BCUT2D eigenvalue weighted by molar-refractivity contribution is 7.13. The summed E-state index contributed by atoms with van der Waals surface area (Å²) >= 11 is 1.68. The summed E-state index contributed by atoms with van der Waals surface area (Å²) in [7, 11) is 1.71. The Kier molecular flexibility index (Phi) is 5.45. The Balaban J connectivity index is 1.42. The second-order valence-electron chi connectivity index (χ2n) is 9.09. The number of fused-ring (bicyclic) bond motifs is 2. The van der Waals surface area contributed by atoms with Gasteiger partial charge in [0.1, 0.15) is 22.9 Å². The van der Waals surface area contributed by atoms with Gasteiger partial charge in [-0.1, -0.05) is 24.3 Å². The molecule has 176 valence electrons. The molecule has 5 aromatic rings. The smallest absolute Gasteiger partial charge is 0.222 e. The van der Waals surface area contributed by atoms with Crippen LogP contribution in [0.1, 0.15) is 37.4 Å². The van der Waals surface area contributed by atoms with Crippen LogP contribution in [0.3, 0.4) is 0 Å². The molecule has 7 nitrogen and oxygen atoms in total. The van der Waals surface area contributed by atoms with Crippen molar-refractivity contribution in [2.75, 3.05) is 12.8 Å². The van der Waals surface area contributed by atoms with E-state index in [2.05, 4.69) is 56.5 Å². The first-order valence-corrected chi connectivity index (χ1v) is 12.8. The summed E-state index contributed by atoms with van der Waals surface area (Å²) in [6.07, 6.45) is 7.23. The van der Waals surface area contributed by atoms with Crippen molar-refractivity contribution in [3.05, 3.63) is 66.1 Å². The van der Waals surface area contributed by atoms with Crippen molar-refractivity contribution < 1.29 is 4.79 Å². The van der Waals surface area contributed by atoms with Crippen molar-refractivity contribution in [1.82, 2.24) is 24.7 Å². The van der Waals surface area contributed by atoms with Gasteiger partial charge in [0, 0.05) is 42.2 Å². The van der Waals surface area contributed by atoms with E-state index in [0.717, 1.165) is 69.8 Å². The molecule has 6 rings (SSSR count). The number of thiophene rings is 1. The van der Waals surface area contributed by atoms with E-state index in [1.165, 1.54) is 0 Å². The highest BCUT2D eigenvalue weighted by atomic mass is 32.1. The summed E-state index contributed by atoms with van der Waals surface area (Å²) in [4.78, 5) is 27.7. The van der Waals surface area contributed by atoms with Crippen LogP contribution in [-0.4, -0.2) is 32.3 Å². The Hall–Kier alpha value is -3.78. The Labute approximate surface area is 207 Å². The molecule has 0 aliphatic heterocycles. The largest absolute Gasteiger partial charge is 0.382 e. The normalized spacial score (nSPS) is 18.2. The van der Waals surface area contributed by atoms with Gasteiger partial charge in [-0.15, -0.1) is 11.3 Å². The number of nitrogens with zero attached hydrogens (tertiary/aromatic N) is 4. The molecule has 1 aromatic carbocycles. The van der Waals surface area contributed by atoms with Crippen molar-refractivity contribution in [2.45, 2.75) is 31.6 Å². The standard InChI is InChI=1S/C27H26N6OS/c1-29-27(34)18-7-5-17(6-8-18)26-32-23(24-25(28)30-12-13-33(24)26)19-9-4-16-10-11-20(31-21(16)15-19)22-3-2-14-35-22/h2-4,9-15,17-18H,5-8H2,1H3,(H2,28,30)(H,29,34). The van der Waals surface area contributed by atoms with Crippen molar-refractivity contribution in [1.29, 1.82) is 0 Å². The fraction of sp³-hybridized carbons (Fsp3) is 0.259. The average Bonchev–Trinajstić information content (AvgIpc) is 3.57. The Morgan fingerprint density at radius 3 is 2.71 bits per heavy atom. The highest BCUT2D eigenvalue weighted by Crippen LogP contribution is 2.39. The lowest BCUT2D eigenvalue weighted by molar-refractivity contribution is -0.125. The van der Waals surface area contributed by atoms with Gasteiger partial charge in [-0.3, -0.25) is 9.20 Å². The number of imidazole rings is 1. The van der Waals surface area contributed by atoms with Crippen LogP contribution < -0.4 is 11.1 Å². The molecule has 35 heavy (non-hydrogen) atoms. The van der Waals surface area contributed by atoms with E-state index < -0.39 is 0 Å². The Morgan fingerprint density at radius 1 is 1.11 bits per heavy atom. The summed E-state index contributed by atoms with van der Waals surface area (Å²) < 4.78 is 2.09. The van der Waals surface area contributed by atoms with Crippen LogP contribution in [0.15, 0.2) is 60.2 Å². The summed E-state index contributed by atoms with van der Waals surface area (Å²) in [5, 5.41) is 5.93. The maximum absolute atomic E-state index is 12.1. The summed E-state index contributed by atoms with van der Waals surface area (Å²) in [6, 6.07) is 14.6. The zero-order chi connectivity index (χ0) is 23.9. The first-order chi connectivity index (χ1) is 17.1. The van der Waals surface area contributed by atoms with Gasteiger partial charge in [-0.05, 0) is 49.3 Å². The van der Waals surface area contributed by atoms with E-state index in [0.29, 0.717) is 5.82 Å². The summed E-state index contributed by atoms with van der Waals surface area (Å²) in [5.74, 6) is 1.93. The molecule has 0 bridgehead atoms. The molecule has 4 aromatic heterocycles. The number of hydrogen-bond acceptors (Lipinski definition) is 6. The van der Waals surface area contributed by atoms with E-state index in [9.17, 15) is 4.79 Å². The van der Waals surface area contributed by atoms with Crippen molar-refractivity contribution in [3.63, 3.8) is 0 Å². The highest BCUT2D eigenvalue weighted by Gasteiger charge is 2.30. The molecule has 0 atom stereocenters. The van der Waals surface area contributed by atoms with Crippen LogP contribution in [0.25, 0.3) is 38.2 Å². The van der Waals surface area contributed by atoms with Gasteiger partial charge in [-0.2, -0.15) is 0 Å². The van der Waals surface area contributed by atoms with Crippen molar-refractivity contribution in [2.24, 2.45) is 5.92 Å². The summed E-state index contributed by atoms with van der Waals surface area (Å²) in [6.45, 7) is 0. The lowest BCUT2D eigenvalue weighted by Crippen LogP contribution is -2.30. The molecule has 0 radical (unpaired) electrons. The van der Waals surface area contributed by atoms with Gasteiger partial charge in [0.15, 0.2) is 0 Å². The molecule has 1 fully saturated rings. The van der Waals surface area contributed by atoms with Crippen molar-refractivity contribution >= 4 is 39.5 Å². The van der Waals surface area contributed by atoms with Crippen molar-refractivity contribution in [3.8, 4) is 21.8 Å². The number of hydrogen-bond donors (Lipinski definition) is 2. The van der Waals surface area contributed by atoms with Gasteiger partial charge in [0.05, 0.1) is 16.1 Å². The fourth-order valence-electron chi connectivity index (χ4n) is 5.22. The van der Waals surface area contributed by atoms with E-state index in [4.69, 9.17) is 15.7 Å². The van der Waals surface area contributed by atoms with Gasteiger partial charge < -0.3 is 11.1 Å². The van der Waals surface area contributed by atoms with Gasteiger partial charge in [0.2, 0.25) is 5.91 Å². The van der Waals surface area contributed by atoms with E-state index in [1.54, 1.807) is 24.6 Å². The molecule has 1 amide bonds. The molecule has 0 unspecified atom stereocenters. The molecule has 8 heteroatoms. The number of carbonyl (C=O) groups is 1. The number of nitrogen functional groups attached to an aromatic ring is 1. The second-order valence-corrected chi connectivity index (χ2v) is 10.0. The number of nitrogens with one attached hydrogen (secondary N) is 1. The summed E-state index contributed by atoms with van der Waals surface area (Å²) in [5.41, 5.74) is 10.9. The first-order valence-electron chi connectivity index (χ1n) is 11.9. The SMILES string of the molecule is CNC(=O)C1CCC(c2nc(-c3ccc4ccc(-c5cccs5)nc4c3)c3c(N)nccn23)CC1. The third-order valence-electron chi connectivity index (χ3n) is 7.06. The Bertz CT molecular complexity index is 1530. The van der Waals surface area contributed by atoms with E-state index in [-0.39, 0.29) is 17.7 Å². The number of carbonyl (C=O) groups excluding carboxylic acids is 1. The molecule has 0 spiro atoms. The minimum absolute atomic E-state index is 0.0813. The number of rotatable bonds is 4. The lowest BCUT2D eigenvalue weighted by Gasteiger charge is -2.26. The minimum atomic E-state index is 0.0813. The number of anilines is 1. The predicted octanol–water partition coefficient (Wildman–Crippen LogP) is 5.28. The topological polar surface area (TPSA) is 98.2 Å². The number of nitrogens with two attached hydrogens (primary N) is 1. The Morgan fingerprint density at radius 2 is 1.94 bits per heavy atom. The molecule has 1 saturated carbocycles. The predicted molar refractivity (Wildman–Crippen MR) is 140 cm³/mol. The van der Waals surface area contributed by atoms with Crippen LogP contribution >= 0.6 is 11.3 Å². The molecule has 0 saturated heterocycles. The molecular weight excluding hydrogens is 456 g/mol. The molecule has 1 aliphatic rings. The first kappa shape index (κ1) is 21.7. The maximum atomic E-state index is 12.1. The zero-order valence-electron chi connectivity index (χ0n) is 19.4. The minimum Gasteiger partial charge on any atom is -0.382 e.